The van der Waals surface area contributed by atoms with Gasteiger partial charge in [-0.25, -0.2) is 0 Å². The van der Waals surface area contributed by atoms with Gasteiger partial charge in [0.05, 0.1) is 25.8 Å². The van der Waals surface area contributed by atoms with Crippen molar-refractivity contribution in [3.8, 4) is 11.3 Å². The van der Waals surface area contributed by atoms with Crippen LogP contribution in [0.25, 0.3) is 11.3 Å². The number of aliphatic imine (C=N–C) groups is 1. The van der Waals surface area contributed by atoms with Gasteiger partial charge >= 0.3 is 0 Å². The maximum absolute atomic E-state index is 5.52. The Balaban J connectivity index is 0.00000272. The topological polar surface area (TPSA) is 74.9 Å². The van der Waals surface area contributed by atoms with Crippen LogP contribution in [-0.2, 0) is 11.3 Å². The largest absolute Gasteiger partial charge is 0.379 e. The molecule has 1 aliphatic heterocycles. The first kappa shape index (κ1) is 23.7. The monoisotopic (exact) mass is 553 g/mol. The van der Waals surface area contributed by atoms with Crippen LogP contribution < -0.4 is 10.6 Å². The van der Waals surface area contributed by atoms with Gasteiger partial charge in [0.1, 0.15) is 5.69 Å². The number of morpholine rings is 1. The third-order valence-electron chi connectivity index (χ3n) is 5.10. The molecule has 1 fully saturated rings. The molecule has 2 N–H and O–H groups in total. The van der Waals surface area contributed by atoms with E-state index in [4.69, 9.17) is 9.26 Å². The van der Waals surface area contributed by atoms with Crippen LogP contribution in [0.15, 0.2) is 63.4 Å². The molecule has 1 saturated heterocycles. The molecule has 1 aliphatic rings. The molecule has 3 aromatic rings. The molecule has 4 rings (SSSR count). The van der Waals surface area contributed by atoms with E-state index in [2.05, 4.69) is 43.2 Å². The van der Waals surface area contributed by atoms with Gasteiger partial charge in [0.15, 0.2) is 11.7 Å². The second kappa shape index (κ2) is 12.2. The average Bonchev–Trinajstić information content (AvgIpc) is 3.50. The van der Waals surface area contributed by atoms with Crippen LogP contribution in [-0.4, -0.2) is 55.9 Å². The Bertz CT molecular complexity index is 927. The van der Waals surface area contributed by atoms with Crippen molar-refractivity contribution in [1.82, 2.24) is 20.7 Å². The molecule has 1 atom stereocenters. The van der Waals surface area contributed by atoms with Gasteiger partial charge in [-0.1, -0.05) is 41.6 Å². The molecular formula is C22H28IN5O2S. The van der Waals surface area contributed by atoms with Crippen LogP contribution in [0.4, 0.5) is 0 Å². The summed E-state index contributed by atoms with van der Waals surface area (Å²) in [6.45, 7) is 4.76. The molecule has 7 nitrogen and oxygen atoms in total. The molecular weight excluding hydrogens is 525 g/mol. The van der Waals surface area contributed by atoms with Gasteiger partial charge in [-0.15, -0.1) is 35.3 Å². The lowest BCUT2D eigenvalue weighted by Gasteiger charge is -2.34. The number of thiophene rings is 1. The van der Waals surface area contributed by atoms with Crippen LogP contribution in [0.3, 0.4) is 0 Å². The Morgan fingerprint density at radius 2 is 1.97 bits per heavy atom. The summed E-state index contributed by atoms with van der Waals surface area (Å²) in [4.78, 5) is 8.19. The number of halogens is 1. The highest BCUT2D eigenvalue weighted by atomic mass is 127. The van der Waals surface area contributed by atoms with Crippen molar-refractivity contribution in [2.45, 2.75) is 12.6 Å². The highest BCUT2D eigenvalue weighted by Gasteiger charge is 2.23. The number of nitrogens with zero attached hydrogens (tertiary/aromatic N) is 3. The maximum atomic E-state index is 5.52. The van der Waals surface area contributed by atoms with E-state index >= 15 is 0 Å². The van der Waals surface area contributed by atoms with Crippen LogP contribution in [0, 0.1) is 0 Å². The van der Waals surface area contributed by atoms with Crippen molar-refractivity contribution in [3.63, 3.8) is 0 Å². The van der Waals surface area contributed by atoms with Crippen LogP contribution in [0.5, 0.6) is 0 Å². The quantitative estimate of drug-likeness (QED) is 0.264. The molecule has 0 radical (unpaired) electrons. The van der Waals surface area contributed by atoms with Gasteiger partial charge < -0.3 is 19.9 Å². The summed E-state index contributed by atoms with van der Waals surface area (Å²) >= 11 is 1.79. The fraction of sp³-hybridized carbons (Fsp3) is 0.364. The van der Waals surface area contributed by atoms with Crippen LogP contribution >= 0.6 is 35.3 Å². The molecule has 1 unspecified atom stereocenters. The number of ether oxygens (including phenoxy) is 1. The lowest BCUT2D eigenvalue weighted by atomic mass is 10.2. The number of rotatable bonds is 7. The van der Waals surface area contributed by atoms with Crippen molar-refractivity contribution < 1.29 is 9.26 Å². The number of guanidine groups is 1. The van der Waals surface area contributed by atoms with E-state index in [-0.39, 0.29) is 24.0 Å². The molecule has 166 valence electrons. The van der Waals surface area contributed by atoms with Gasteiger partial charge in [-0.3, -0.25) is 9.89 Å². The first-order chi connectivity index (χ1) is 14.8. The molecule has 0 saturated carbocycles. The van der Waals surface area contributed by atoms with Crippen LogP contribution in [0.2, 0.25) is 0 Å². The van der Waals surface area contributed by atoms with E-state index in [0.717, 1.165) is 55.8 Å². The zero-order valence-corrected chi connectivity index (χ0v) is 20.6. The summed E-state index contributed by atoms with van der Waals surface area (Å²) in [5.74, 6) is 1.51. The van der Waals surface area contributed by atoms with Gasteiger partial charge in [0, 0.05) is 43.2 Å². The highest BCUT2D eigenvalue weighted by Crippen LogP contribution is 2.25. The number of hydrogen-bond donors (Lipinski definition) is 2. The smallest absolute Gasteiger partial charge is 0.191 e. The Hall–Kier alpha value is -1.95. The predicted molar refractivity (Wildman–Crippen MR) is 135 cm³/mol. The highest BCUT2D eigenvalue weighted by molar-refractivity contribution is 14.0. The lowest BCUT2D eigenvalue weighted by Crippen LogP contribution is -2.46. The minimum atomic E-state index is 0. The maximum Gasteiger partial charge on any atom is 0.191 e. The normalized spacial score (nSPS) is 15.8. The minimum Gasteiger partial charge on any atom is -0.379 e. The Morgan fingerprint density at radius 1 is 1.16 bits per heavy atom. The Morgan fingerprint density at radius 3 is 2.68 bits per heavy atom. The summed E-state index contributed by atoms with van der Waals surface area (Å²) in [6, 6.07) is 16.5. The summed E-state index contributed by atoms with van der Waals surface area (Å²) in [7, 11) is 1.78. The average molecular weight is 553 g/mol. The molecule has 2 aromatic heterocycles. The summed E-state index contributed by atoms with van der Waals surface area (Å²) in [5.41, 5.74) is 1.85. The molecule has 0 bridgehead atoms. The van der Waals surface area contributed by atoms with E-state index in [1.807, 2.05) is 36.4 Å². The van der Waals surface area contributed by atoms with Crippen molar-refractivity contribution in [1.29, 1.82) is 0 Å². The van der Waals surface area contributed by atoms with Gasteiger partial charge in [-0.2, -0.15) is 0 Å². The first-order valence-electron chi connectivity index (χ1n) is 10.1. The second-order valence-electron chi connectivity index (χ2n) is 7.03. The first-order valence-corrected chi connectivity index (χ1v) is 11.0. The van der Waals surface area contributed by atoms with E-state index in [1.54, 1.807) is 18.4 Å². The van der Waals surface area contributed by atoms with Gasteiger partial charge in [0.2, 0.25) is 0 Å². The van der Waals surface area contributed by atoms with E-state index in [0.29, 0.717) is 12.6 Å². The zero-order valence-electron chi connectivity index (χ0n) is 17.5. The van der Waals surface area contributed by atoms with Crippen molar-refractivity contribution in [3.05, 3.63) is 64.5 Å². The fourth-order valence-electron chi connectivity index (χ4n) is 3.50. The van der Waals surface area contributed by atoms with E-state index in [9.17, 15) is 0 Å². The Kier molecular flexibility index (Phi) is 9.31. The number of aromatic nitrogens is 1. The van der Waals surface area contributed by atoms with E-state index in [1.165, 1.54) is 4.88 Å². The fourth-order valence-corrected chi connectivity index (χ4v) is 4.36. The molecule has 9 heteroatoms. The third-order valence-corrected chi connectivity index (χ3v) is 6.07. The molecule has 0 amide bonds. The summed E-state index contributed by atoms with van der Waals surface area (Å²) in [5, 5.41) is 13.1. The standard InChI is InChI=1S/C22H27N5O2S.HI/c1-23-22(24-15-18-14-20(29-26-18)17-6-3-2-4-7-17)25-16-19(21-8-5-13-30-21)27-9-11-28-12-10-27;/h2-8,13-14,19H,9-12,15-16H2,1H3,(H2,23,24,25);1H. The van der Waals surface area contributed by atoms with Crippen molar-refractivity contribution >= 4 is 41.3 Å². The molecule has 3 heterocycles. The van der Waals surface area contributed by atoms with Gasteiger partial charge in [-0.05, 0) is 11.4 Å². The zero-order chi connectivity index (χ0) is 20.6. The number of nitrogens with one attached hydrogen (secondary N) is 2. The molecule has 1 aromatic carbocycles. The summed E-state index contributed by atoms with van der Waals surface area (Å²) < 4.78 is 11.0. The number of benzene rings is 1. The Labute approximate surface area is 203 Å². The minimum absolute atomic E-state index is 0. The van der Waals surface area contributed by atoms with Gasteiger partial charge in [0.25, 0.3) is 0 Å². The molecule has 31 heavy (non-hydrogen) atoms. The third kappa shape index (κ3) is 6.52. The molecule has 0 aliphatic carbocycles. The molecule has 0 spiro atoms. The SMILES string of the molecule is CN=C(NCc1cc(-c2ccccc2)on1)NCC(c1cccs1)N1CCOCC1.I. The van der Waals surface area contributed by atoms with Crippen molar-refractivity contribution in [2.75, 3.05) is 39.9 Å². The van der Waals surface area contributed by atoms with Crippen LogP contribution in [0.1, 0.15) is 16.6 Å². The summed E-state index contributed by atoms with van der Waals surface area (Å²) in [6.07, 6.45) is 0. The second-order valence-corrected chi connectivity index (χ2v) is 8.01. The lowest BCUT2D eigenvalue weighted by molar-refractivity contribution is 0.0177. The predicted octanol–water partition coefficient (Wildman–Crippen LogP) is 3.76. The van der Waals surface area contributed by atoms with E-state index < -0.39 is 0 Å². The van der Waals surface area contributed by atoms with Crippen molar-refractivity contribution in [2.24, 2.45) is 4.99 Å². The number of hydrogen-bond acceptors (Lipinski definition) is 6.